The molecule has 21 unspecified atom stereocenters. The molecule has 7 heterocycles. The quantitative estimate of drug-likeness (QED) is 0.0246. The Morgan fingerprint density at radius 3 is 1.55 bits per heavy atom. The second-order valence-corrected chi connectivity index (χ2v) is 25.5. The molecule has 39 heteroatoms. The SMILES string of the molecule is CC1OC(OC2C(CO)OC(OC3C(CO)OC(OCc4cn(CCn5cc(COC(OC(CO)[C@@H](C)OC6OC(CO)C(OC7OC(C)[C@H](N[C@H]8C=C(CO)[C@@H](O)[C@@H](O)C8)C[C@H]7O)C(O)C6O)C(O)O)nn5)nn4)C(O)C3O)C(O)C2O)[C@@H](O)C[C@@H]1N[C@@H]1C=C(CO)C[C@H](O)C1. The van der Waals surface area contributed by atoms with Crippen molar-refractivity contribution in [1.29, 1.82) is 0 Å². The fourth-order valence-corrected chi connectivity index (χ4v) is 12.8. The lowest BCUT2D eigenvalue weighted by Crippen LogP contribution is -2.66. The lowest BCUT2D eigenvalue weighted by atomic mass is 9.89. The average molecular weight is 1400 g/mol. The van der Waals surface area contributed by atoms with E-state index in [1.165, 1.54) is 28.7 Å². The summed E-state index contributed by atoms with van der Waals surface area (Å²) in [6.45, 7) is 0.532. The lowest BCUT2D eigenvalue weighted by Gasteiger charge is -2.48. The maximum atomic E-state index is 11.3. The Bertz CT molecular complexity index is 2760. The molecular weight excluding hydrogens is 1300 g/mol. The summed E-state index contributed by atoms with van der Waals surface area (Å²) in [5.41, 5.74) is 1.33. The Morgan fingerprint density at radius 2 is 1.04 bits per heavy atom. The Morgan fingerprint density at radius 1 is 0.557 bits per heavy atom. The van der Waals surface area contributed by atoms with Gasteiger partial charge in [0.2, 0.25) is 12.6 Å². The summed E-state index contributed by atoms with van der Waals surface area (Å²) in [7, 11) is 0. The zero-order valence-electron chi connectivity index (χ0n) is 53.5. The molecule has 554 valence electrons. The molecule has 39 nitrogen and oxygen atoms in total. The van der Waals surface area contributed by atoms with Gasteiger partial charge in [-0.15, -0.1) is 10.2 Å². The van der Waals surface area contributed by atoms with Crippen LogP contribution in [0.3, 0.4) is 0 Å². The van der Waals surface area contributed by atoms with Gasteiger partial charge in [0.15, 0.2) is 31.5 Å². The molecule has 2 aromatic heterocycles. The molecule has 2 aliphatic carbocycles. The molecule has 0 spiro atoms. The molecule has 0 saturated carbocycles. The van der Waals surface area contributed by atoms with Crippen LogP contribution in [-0.2, 0) is 83.1 Å². The smallest absolute Gasteiger partial charge is 0.209 e. The summed E-state index contributed by atoms with van der Waals surface area (Å²) in [5, 5.41) is 224. The third-order valence-corrected chi connectivity index (χ3v) is 18.3. The van der Waals surface area contributed by atoms with Crippen molar-refractivity contribution >= 4 is 0 Å². The third-order valence-electron chi connectivity index (χ3n) is 18.3. The standard InChI is InChI=1S/C58H96N8O31/c1-23-33(59-28-6-26(15-67)7-32(73)9-28)11-36(75)53(88-23)96-50-41(20-72)94-57(48(83)45(50)80)97-51-39(18-70)92-55(46(81)43(51)78)86-21-30-13-65(63-61-30)4-5-66-14-31(62-64-66)22-87-58(52(84)85)91-38(17-69)25(3)90-56-47(82)44(79)49(40(19-71)93-56)95-54-37(76)12-34(24(2)89-54)60-29-8-27(16-68)42(77)35(74)10-29/h6,8,13-14,23-25,28-29,32-60,67-85H,4-5,7,9-12,15-22H2,1-3H3/t23?,24?,25-,28-,29+,32+,33+,34-,35+,36+,37-,38?,39?,40?,41?,42-,43?,44?,45?,46?,47?,48?,49?,50?,51?,53?,54?,55?,56?,57?,58?/m1/s1. The number of aromatic nitrogens is 6. The molecule has 2 aromatic rings. The monoisotopic (exact) mass is 1400 g/mol. The molecule has 5 fully saturated rings. The number of hydrogen-bond donors (Lipinski definition) is 21. The van der Waals surface area contributed by atoms with Crippen LogP contribution in [0.1, 0.15) is 64.3 Å². The van der Waals surface area contributed by atoms with E-state index in [0.29, 0.717) is 18.4 Å². The molecule has 9 rings (SSSR count). The first-order valence-corrected chi connectivity index (χ1v) is 32.3. The molecule has 21 N–H and O–H groups in total. The molecule has 0 aromatic carbocycles. The normalized spacial score (nSPS) is 40.9. The minimum absolute atomic E-state index is 0.0538. The van der Waals surface area contributed by atoms with E-state index >= 15 is 0 Å². The van der Waals surface area contributed by atoms with Crippen LogP contribution in [0.4, 0.5) is 0 Å². The number of rotatable bonds is 31. The molecule has 5 aliphatic heterocycles. The van der Waals surface area contributed by atoms with Crippen molar-refractivity contribution in [2.45, 2.75) is 276 Å². The van der Waals surface area contributed by atoms with Crippen LogP contribution in [0.5, 0.6) is 0 Å². The summed E-state index contributed by atoms with van der Waals surface area (Å²) in [6, 6.07) is -1.69. The average Bonchev–Trinajstić information content (AvgIpc) is 1.19. The van der Waals surface area contributed by atoms with E-state index < -0.39 is 230 Å². The van der Waals surface area contributed by atoms with Gasteiger partial charge in [-0.3, -0.25) is 9.36 Å². The summed E-state index contributed by atoms with van der Waals surface area (Å²) >= 11 is 0. The van der Waals surface area contributed by atoms with Crippen LogP contribution < -0.4 is 10.6 Å². The van der Waals surface area contributed by atoms with E-state index in [1.807, 2.05) is 6.08 Å². The van der Waals surface area contributed by atoms with Crippen molar-refractivity contribution in [2.24, 2.45) is 0 Å². The van der Waals surface area contributed by atoms with E-state index in [-0.39, 0.29) is 68.6 Å². The number of aliphatic hydroxyl groups is 19. The number of nitrogens with zero attached hydrogens (tertiary/aromatic N) is 6. The second-order valence-electron chi connectivity index (χ2n) is 25.5. The zero-order chi connectivity index (χ0) is 70.1. The van der Waals surface area contributed by atoms with E-state index in [0.717, 1.165) is 0 Å². The summed E-state index contributed by atoms with van der Waals surface area (Å²) in [4.78, 5) is 0. The summed E-state index contributed by atoms with van der Waals surface area (Å²) in [6.07, 6.45) is -33.7. The van der Waals surface area contributed by atoms with Crippen LogP contribution in [0, 0.1) is 0 Å². The van der Waals surface area contributed by atoms with Gasteiger partial charge in [-0.1, -0.05) is 22.6 Å². The van der Waals surface area contributed by atoms with Gasteiger partial charge in [-0.2, -0.15) is 0 Å². The van der Waals surface area contributed by atoms with Gasteiger partial charge in [-0.25, -0.2) is 0 Å². The molecule has 0 bridgehead atoms. The van der Waals surface area contributed by atoms with E-state index in [2.05, 4.69) is 31.3 Å². The predicted molar refractivity (Wildman–Crippen MR) is 316 cm³/mol. The van der Waals surface area contributed by atoms with Crippen molar-refractivity contribution in [3.05, 3.63) is 47.1 Å². The molecule has 31 atom stereocenters. The maximum Gasteiger partial charge on any atom is 0.209 e. The first-order valence-electron chi connectivity index (χ1n) is 32.3. The largest absolute Gasteiger partial charge is 0.394 e. The maximum absolute atomic E-state index is 11.3. The van der Waals surface area contributed by atoms with Crippen molar-refractivity contribution in [1.82, 2.24) is 40.6 Å². The van der Waals surface area contributed by atoms with Crippen LogP contribution in [0.2, 0.25) is 0 Å². The molecule has 0 radical (unpaired) electrons. The Hall–Kier alpha value is -3.56. The number of nitrogens with one attached hydrogen (secondary N) is 2. The van der Waals surface area contributed by atoms with Gasteiger partial charge >= 0.3 is 0 Å². The van der Waals surface area contributed by atoms with Crippen LogP contribution in [0.15, 0.2) is 35.7 Å². The second kappa shape index (κ2) is 35.6. The first-order chi connectivity index (χ1) is 46.3. The topological polar surface area (TPSA) is 581 Å². The van der Waals surface area contributed by atoms with Crippen molar-refractivity contribution in [3.8, 4) is 0 Å². The summed E-state index contributed by atoms with van der Waals surface area (Å²) < 4.78 is 72.6. The minimum atomic E-state index is -2.28. The van der Waals surface area contributed by atoms with Crippen LogP contribution in [0.25, 0.3) is 0 Å². The number of ether oxygens (including phenoxy) is 12. The van der Waals surface area contributed by atoms with Gasteiger partial charge in [0.1, 0.15) is 109 Å². The molecule has 0 amide bonds. The zero-order valence-corrected chi connectivity index (χ0v) is 53.5. The fourth-order valence-electron chi connectivity index (χ4n) is 12.8. The number of aliphatic hydroxyl groups excluding tert-OH is 18. The van der Waals surface area contributed by atoms with Gasteiger partial charge < -0.3 is 164 Å². The van der Waals surface area contributed by atoms with Gasteiger partial charge in [0.25, 0.3) is 0 Å². The minimum Gasteiger partial charge on any atom is -0.394 e. The Kier molecular flexibility index (Phi) is 28.4. The Labute approximate surface area is 555 Å². The molecule has 7 aliphatic rings. The van der Waals surface area contributed by atoms with Crippen molar-refractivity contribution in [3.63, 3.8) is 0 Å². The molecular formula is C58H96N8O31. The molecule has 97 heavy (non-hydrogen) atoms. The highest BCUT2D eigenvalue weighted by atomic mass is 16.8. The van der Waals surface area contributed by atoms with Crippen molar-refractivity contribution < 1.29 is 154 Å². The van der Waals surface area contributed by atoms with E-state index in [1.54, 1.807) is 19.9 Å². The highest BCUT2D eigenvalue weighted by Gasteiger charge is 2.54. The van der Waals surface area contributed by atoms with E-state index in [9.17, 15) is 97.0 Å². The number of hydrogen-bond acceptors (Lipinski definition) is 37. The van der Waals surface area contributed by atoms with Crippen LogP contribution >= 0.6 is 0 Å². The van der Waals surface area contributed by atoms with Crippen molar-refractivity contribution in [2.75, 3.05) is 39.6 Å². The third kappa shape index (κ3) is 19.4. The van der Waals surface area contributed by atoms with Gasteiger partial charge in [0, 0.05) is 24.2 Å². The first kappa shape index (κ1) is 77.6. The Balaban J connectivity index is 0.688. The molecule has 5 saturated heterocycles. The number of aryl methyl sites for hydroxylation is 2. The summed E-state index contributed by atoms with van der Waals surface area (Å²) in [5.74, 6) is 0. The lowest BCUT2D eigenvalue weighted by molar-refractivity contribution is -0.374. The van der Waals surface area contributed by atoms with Crippen LogP contribution in [-0.4, -0.2) is 363 Å². The predicted octanol–water partition coefficient (Wildman–Crippen LogP) is -10.7. The fraction of sp³-hybridized carbons (Fsp3) is 0.862. The van der Waals surface area contributed by atoms with Gasteiger partial charge in [0.05, 0.1) is 109 Å². The highest BCUT2D eigenvalue weighted by Crippen LogP contribution is 2.35. The highest BCUT2D eigenvalue weighted by molar-refractivity contribution is 5.19. The van der Waals surface area contributed by atoms with Gasteiger partial charge in [-0.05, 0) is 64.0 Å². The van der Waals surface area contributed by atoms with E-state index in [4.69, 9.17) is 56.8 Å².